The van der Waals surface area contributed by atoms with E-state index in [1.165, 1.54) is 5.56 Å². The first-order chi connectivity index (χ1) is 5.43. The van der Waals surface area contributed by atoms with E-state index in [1.807, 2.05) is 39.9 Å². The van der Waals surface area contributed by atoms with Crippen molar-refractivity contribution in [2.24, 2.45) is 0 Å². The van der Waals surface area contributed by atoms with Crippen molar-refractivity contribution in [1.29, 1.82) is 0 Å². The van der Waals surface area contributed by atoms with Gasteiger partial charge >= 0.3 is 80.1 Å². The van der Waals surface area contributed by atoms with E-state index in [1.54, 1.807) is 0 Å². The molecule has 12 heavy (non-hydrogen) atoms. The van der Waals surface area contributed by atoms with Gasteiger partial charge in [-0.25, -0.2) is 0 Å². The van der Waals surface area contributed by atoms with E-state index in [0.717, 1.165) is 17.8 Å². The van der Waals surface area contributed by atoms with Gasteiger partial charge in [0.25, 0.3) is 0 Å². The van der Waals surface area contributed by atoms with E-state index >= 15 is 0 Å². The quantitative estimate of drug-likeness (QED) is 0.473. The Morgan fingerprint density at radius 3 is 2.42 bits per heavy atom. The molecule has 0 aliphatic rings. The van der Waals surface area contributed by atoms with Gasteiger partial charge in [-0.05, 0) is 0 Å². The van der Waals surface area contributed by atoms with Crippen molar-refractivity contribution < 1.29 is 21.7 Å². The number of hydrogen-bond acceptors (Lipinski definition) is 1. The fraction of sp³-hybridized carbons (Fsp3) is 0.333. The SMILES string of the molecule is [Br-].[Mg+][CH2]COCc1ccccc1. The predicted molar refractivity (Wildman–Crippen MR) is 46.7 cm³/mol. The van der Waals surface area contributed by atoms with Gasteiger partial charge in [-0.1, -0.05) is 0 Å². The van der Waals surface area contributed by atoms with Crippen molar-refractivity contribution in [2.75, 3.05) is 6.61 Å². The molecule has 0 saturated carbocycles. The Hall–Kier alpha value is 0.426. The topological polar surface area (TPSA) is 9.23 Å². The van der Waals surface area contributed by atoms with Crippen LogP contribution >= 0.6 is 0 Å². The molecule has 3 heteroatoms. The van der Waals surface area contributed by atoms with E-state index < -0.39 is 0 Å². The Kier molecular flexibility index (Phi) is 8.33. The van der Waals surface area contributed by atoms with E-state index in [-0.39, 0.29) is 17.0 Å². The molecule has 0 unspecified atom stereocenters. The summed E-state index contributed by atoms with van der Waals surface area (Å²) < 4.78 is 6.49. The Balaban J connectivity index is 0.00000121. The second-order valence-electron chi connectivity index (χ2n) is 2.39. The molecule has 1 nitrogen and oxygen atoms in total. The first-order valence-electron chi connectivity index (χ1n) is 3.84. The van der Waals surface area contributed by atoms with Crippen LogP contribution in [0.1, 0.15) is 5.56 Å². The Morgan fingerprint density at radius 1 is 1.17 bits per heavy atom. The van der Waals surface area contributed by atoms with Crippen LogP contribution in [-0.2, 0) is 11.3 Å². The number of benzene rings is 1. The molecule has 0 fully saturated rings. The molecule has 1 rings (SSSR count). The van der Waals surface area contributed by atoms with Crippen LogP contribution in [0.15, 0.2) is 30.3 Å². The second kappa shape index (κ2) is 8.04. The molecule has 0 bridgehead atoms. The molecule has 1 aromatic rings. The van der Waals surface area contributed by atoms with E-state index in [9.17, 15) is 0 Å². The van der Waals surface area contributed by atoms with Crippen LogP contribution in [0, 0.1) is 0 Å². The number of halogens is 1. The third-order valence-electron chi connectivity index (χ3n) is 1.40. The van der Waals surface area contributed by atoms with Crippen LogP contribution in [0.3, 0.4) is 0 Å². The summed E-state index contributed by atoms with van der Waals surface area (Å²) in [5, 5.41) is 0. The van der Waals surface area contributed by atoms with Crippen LogP contribution in [0.4, 0.5) is 0 Å². The van der Waals surface area contributed by atoms with Crippen molar-refractivity contribution in [3.8, 4) is 0 Å². The van der Waals surface area contributed by atoms with Crippen LogP contribution in [0.25, 0.3) is 0 Å². The van der Waals surface area contributed by atoms with Gasteiger partial charge < -0.3 is 17.0 Å². The van der Waals surface area contributed by atoms with Crippen molar-refractivity contribution in [3.05, 3.63) is 35.9 Å². The zero-order valence-electron chi connectivity index (χ0n) is 7.00. The van der Waals surface area contributed by atoms with Gasteiger partial charge in [-0.2, -0.15) is 0 Å². The summed E-state index contributed by atoms with van der Waals surface area (Å²) in [4.78, 5) is 0. The number of rotatable bonds is 4. The van der Waals surface area contributed by atoms with Crippen LogP contribution in [0.5, 0.6) is 0 Å². The van der Waals surface area contributed by atoms with Gasteiger partial charge in [0, 0.05) is 0 Å². The molecule has 0 atom stereocenters. The molecule has 0 amide bonds. The molecule has 0 heterocycles. The van der Waals surface area contributed by atoms with Gasteiger partial charge in [-0.3, -0.25) is 0 Å². The fourth-order valence-electron chi connectivity index (χ4n) is 0.866. The standard InChI is InChI=1S/C9H11O.BrH.Mg/c1-2-10-8-9-6-4-3-5-7-9;;/h3-7H,1-2,8H2;1H;/q;;+1/p-1. The molecule has 0 saturated heterocycles. The van der Waals surface area contributed by atoms with Crippen molar-refractivity contribution in [3.63, 3.8) is 0 Å². The first-order valence-corrected chi connectivity index (χ1v) is 4.84. The Labute approximate surface area is 96.7 Å². The van der Waals surface area contributed by atoms with Crippen LogP contribution in [-0.4, -0.2) is 28.3 Å². The summed E-state index contributed by atoms with van der Waals surface area (Å²) in [5.74, 6) is 0. The predicted octanol–water partition coefficient (Wildman–Crippen LogP) is -1.21. The first kappa shape index (κ1) is 12.4. The summed E-state index contributed by atoms with van der Waals surface area (Å²) in [7, 11) is 0. The van der Waals surface area contributed by atoms with E-state index in [4.69, 9.17) is 4.74 Å². The van der Waals surface area contributed by atoms with Gasteiger partial charge in [0.1, 0.15) is 0 Å². The molecule has 0 aliphatic carbocycles. The number of hydrogen-bond donors (Lipinski definition) is 0. The average Bonchev–Trinajstić information content (AvgIpc) is 2.07. The molecule has 1 aromatic carbocycles. The monoisotopic (exact) mass is 238 g/mol. The summed E-state index contributed by atoms with van der Waals surface area (Å²) in [6.45, 7) is 1.62. The fourth-order valence-corrected chi connectivity index (χ4v) is 1.07. The Bertz CT molecular complexity index is 191. The minimum atomic E-state index is 0. The molecule has 0 aliphatic heterocycles. The maximum absolute atomic E-state index is 5.38. The van der Waals surface area contributed by atoms with E-state index in [2.05, 4.69) is 12.1 Å². The van der Waals surface area contributed by atoms with Crippen LogP contribution < -0.4 is 17.0 Å². The summed E-state index contributed by atoms with van der Waals surface area (Å²) >= 11 is 1.94. The molecule has 0 aromatic heterocycles. The molecule has 0 spiro atoms. The number of ether oxygens (including phenoxy) is 1. The second-order valence-corrected chi connectivity index (χ2v) is 3.10. The third kappa shape index (κ3) is 5.14. The molecule has 0 radical (unpaired) electrons. The van der Waals surface area contributed by atoms with Crippen molar-refractivity contribution in [2.45, 2.75) is 11.2 Å². The summed E-state index contributed by atoms with van der Waals surface area (Å²) in [5.41, 5.74) is 1.25. The summed E-state index contributed by atoms with van der Waals surface area (Å²) in [6, 6.07) is 10.2. The summed E-state index contributed by atoms with van der Waals surface area (Å²) in [6.07, 6.45) is 0. The van der Waals surface area contributed by atoms with Gasteiger partial charge in [-0.15, -0.1) is 0 Å². The third-order valence-corrected chi connectivity index (χ3v) is 1.69. The van der Waals surface area contributed by atoms with Gasteiger partial charge in [0.05, 0.1) is 0 Å². The van der Waals surface area contributed by atoms with Crippen LogP contribution in [0.2, 0.25) is 4.55 Å². The molecular weight excluding hydrogens is 228 g/mol. The molecule has 0 N–H and O–H groups in total. The normalized spacial score (nSPS) is 9.17. The van der Waals surface area contributed by atoms with Gasteiger partial charge in [0.15, 0.2) is 0 Å². The maximum atomic E-state index is 5.38. The zero-order valence-corrected chi connectivity index (χ0v) is 10.0. The zero-order chi connectivity index (χ0) is 7.94. The minimum absolute atomic E-state index is 0. The van der Waals surface area contributed by atoms with Crippen molar-refractivity contribution >= 4 is 21.7 Å². The Morgan fingerprint density at radius 2 is 1.83 bits per heavy atom. The van der Waals surface area contributed by atoms with E-state index in [0.29, 0.717) is 0 Å². The van der Waals surface area contributed by atoms with Crippen molar-refractivity contribution in [1.82, 2.24) is 0 Å². The van der Waals surface area contributed by atoms with Gasteiger partial charge in [0.2, 0.25) is 0 Å². The molecular formula is C9H11BrMgO. The molecule has 62 valence electrons. The average molecular weight is 239 g/mol.